The third-order valence-corrected chi connectivity index (χ3v) is 14.7. The molecule has 0 aromatic carbocycles. The molecule has 0 aliphatic heterocycles. The molecule has 6 heteroatoms. The lowest BCUT2D eigenvalue weighted by Gasteiger charge is -2.18. The topological polar surface area (TPSA) is 78.9 Å². The monoisotopic (exact) mass is 1140 g/mol. The number of hydrogen-bond donors (Lipinski definition) is 0. The summed E-state index contributed by atoms with van der Waals surface area (Å²) in [5.41, 5.74) is 0. The molecule has 0 heterocycles. The van der Waals surface area contributed by atoms with Crippen molar-refractivity contribution in [3.8, 4) is 0 Å². The molecule has 0 aromatic heterocycles. The highest BCUT2D eigenvalue weighted by molar-refractivity contribution is 5.71. The normalized spacial score (nSPS) is 12.9. The van der Waals surface area contributed by atoms with Gasteiger partial charge in [0.15, 0.2) is 6.10 Å². The molecular formula is C76H128O6. The first-order valence-electron chi connectivity index (χ1n) is 34.5. The lowest BCUT2D eigenvalue weighted by molar-refractivity contribution is -0.167. The smallest absolute Gasteiger partial charge is 0.306 e. The van der Waals surface area contributed by atoms with Gasteiger partial charge in [-0.3, -0.25) is 14.4 Å². The van der Waals surface area contributed by atoms with Gasteiger partial charge in [-0.25, -0.2) is 0 Å². The first-order valence-corrected chi connectivity index (χ1v) is 34.5. The molecule has 0 bridgehead atoms. The molecule has 0 radical (unpaired) electrons. The second kappa shape index (κ2) is 69.3. The van der Waals surface area contributed by atoms with Gasteiger partial charge in [-0.15, -0.1) is 0 Å². The second-order valence-corrected chi connectivity index (χ2v) is 22.7. The van der Waals surface area contributed by atoms with E-state index in [1.165, 1.54) is 167 Å². The summed E-state index contributed by atoms with van der Waals surface area (Å²) in [6.45, 7) is 6.47. The molecular weight excluding hydrogens is 1010 g/mol. The Balaban J connectivity index is 4.07. The number of rotatable bonds is 62. The third kappa shape index (κ3) is 66.6. The fourth-order valence-electron chi connectivity index (χ4n) is 9.55. The highest BCUT2D eigenvalue weighted by Gasteiger charge is 2.19. The molecule has 0 aliphatic rings. The summed E-state index contributed by atoms with van der Waals surface area (Å²) in [4.78, 5) is 38.1. The molecule has 0 N–H and O–H groups in total. The summed E-state index contributed by atoms with van der Waals surface area (Å²) in [5.74, 6) is -0.888. The second-order valence-electron chi connectivity index (χ2n) is 22.7. The van der Waals surface area contributed by atoms with Gasteiger partial charge in [0.05, 0.1) is 0 Å². The van der Waals surface area contributed by atoms with Crippen LogP contribution in [0, 0.1) is 0 Å². The van der Waals surface area contributed by atoms with Crippen LogP contribution in [0.4, 0.5) is 0 Å². The van der Waals surface area contributed by atoms with Gasteiger partial charge in [-0.1, -0.05) is 309 Å². The first kappa shape index (κ1) is 77.8. The molecule has 0 rings (SSSR count). The number of unbranched alkanes of at least 4 members (excludes halogenated alkanes) is 31. The van der Waals surface area contributed by atoms with E-state index in [1.807, 2.05) is 0 Å². The van der Waals surface area contributed by atoms with E-state index in [4.69, 9.17) is 14.2 Å². The van der Waals surface area contributed by atoms with Crippen molar-refractivity contribution in [2.75, 3.05) is 13.2 Å². The van der Waals surface area contributed by atoms with Crippen LogP contribution in [0.2, 0.25) is 0 Å². The maximum absolute atomic E-state index is 12.9. The Morgan fingerprint density at radius 1 is 0.256 bits per heavy atom. The SMILES string of the molecule is CC/C=C\C/C=C\C/C=C\C/C=C\C/C=C\C/C=C\C/C=C\C/C=C\CCCCCCCCCCCCC(=O)OCC(COC(=O)CCCCCCCC)OC(=O)CCCCCCCCCCCCC/C=C\C/C=C\CCCCCCC. The molecule has 0 amide bonds. The van der Waals surface area contributed by atoms with Gasteiger partial charge in [0, 0.05) is 19.3 Å². The molecule has 468 valence electrons. The van der Waals surface area contributed by atoms with Gasteiger partial charge < -0.3 is 14.2 Å². The fourth-order valence-corrected chi connectivity index (χ4v) is 9.55. The third-order valence-electron chi connectivity index (χ3n) is 14.7. The van der Waals surface area contributed by atoms with E-state index in [-0.39, 0.29) is 31.1 Å². The van der Waals surface area contributed by atoms with Crippen molar-refractivity contribution in [2.24, 2.45) is 0 Å². The predicted molar refractivity (Wildman–Crippen MR) is 357 cm³/mol. The number of carbonyl (C=O) groups excluding carboxylic acids is 3. The molecule has 6 nitrogen and oxygen atoms in total. The van der Waals surface area contributed by atoms with E-state index in [0.29, 0.717) is 19.3 Å². The van der Waals surface area contributed by atoms with Crippen molar-refractivity contribution in [3.63, 3.8) is 0 Å². The van der Waals surface area contributed by atoms with Gasteiger partial charge in [-0.2, -0.15) is 0 Å². The Labute approximate surface area is 507 Å². The molecule has 1 unspecified atom stereocenters. The number of carbonyl (C=O) groups is 3. The zero-order valence-electron chi connectivity index (χ0n) is 53.7. The highest BCUT2D eigenvalue weighted by Crippen LogP contribution is 2.16. The van der Waals surface area contributed by atoms with Crippen molar-refractivity contribution in [2.45, 2.75) is 329 Å². The molecule has 82 heavy (non-hydrogen) atoms. The van der Waals surface area contributed by atoms with Gasteiger partial charge >= 0.3 is 17.9 Å². The van der Waals surface area contributed by atoms with Gasteiger partial charge in [0.25, 0.3) is 0 Å². The largest absolute Gasteiger partial charge is 0.462 e. The lowest BCUT2D eigenvalue weighted by atomic mass is 10.0. The minimum atomic E-state index is -0.780. The van der Waals surface area contributed by atoms with E-state index in [0.717, 1.165) is 116 Å². The highest BCUT2D eigenvalue weighted by atomic mass is 16.6. The Bertz CT molecular complexity index is 1690. The lowest BCUT2D eigenvalue weighted by Crippen LogP contribution is -2.30. The van der Waals surface area contributed by atoms with E-state index in [9.17, 15) is 14.4 Å². The molecule has 0 spiro atoms. The van der Waals surface area contributed by atoms with E-state index < -0.39 is 6.10 Å². The maximum atomic E-state index is 12.9. The van der Waals surface area contributed by atoms with Crippen LogP contribution in [-0.2, 0) is 28.6 Å². The number of allylic oxidation sites excluding steroid dienone is 20. The average Bonchev–Trinajstić information content (AvgIpc) is 3.47. The van der Waals surface area contributed by atoms with Crippen LogP contribution in [0.3, 0.4) is 0 Å². The van der Waals surface area contributed by atoms with Crippen LogP contribution in [0.25, 0.3) is 0 Å². The Morgan fingerprint density at radius 2 is 0.476 bits per heavy atom. The van der Waals surface area contributed by atoms with Crippen LogP contribution in [-0.4, -0.2) is 37.2 Å². The van der Waals surface area contributed by atoms with Crippen molar-refractivity contribution >= 4 is 17.9 Å². The van der Waals surface area contributed by atoms with Crippen molar-refractivity contribution < 1.29 is 28.6 Å². The van der Waals surface area contributed by atoms with Crippen LogP contribution in [0.15, 0.2) is 122 Å². The molecule has 0 saturated carbocycles. The summed E-state index contributed by atoms with van der Waals surface area (Å²) in [6.07, 6.45) is 96.8. The van der Waals surface area contributed by atoms with E-state index in [2.05, 4.69) is 142 Å². The Morgan fingerprint density at radius 3 is 0.744 bits per heavy atom. The van der Waals surface area contributed by atoms with Crippen LogP contribution < -0.4 is 0 Å². The molecule has 0 fully saturated rings. The molecule has 0 aromatic rings. The number of ether oxygens (including phenoxy) is 3. The minimum absolute atomic E-state index is 0.0792. The average molecular weight is 1140 g/mol. The maximum Gasteiger partial charge on any atom is 0.306 e. The Hall–Kier alpha value is -4.19. The van der Waals surface area contributed by atoms with Crippen molar-refractivity contribution in [3.05, 3.63) is 122 Å². The van der Waals surface area contributed by atoms with Crippen molar-refractivity contribution in [1.29, 1.82) is 0 Å². The standard InChI is InChI=1S/C76H128O6/c1-4-7-10-13-16-18-20-22-24-26-28-30-32-33-34-35-36-37-38-39-40-41-42-43-45-46-48-50-52-54-56-58-60-63-66-69-75(78)81-72-73(71-80-74(77)68-65-62-15-12-9-6-3)82-76(79)70-67-64-61-59-57-55-53-51-49-47-44-31-29-27-25-23-21-19-17-14-11-8-5-2/h7,10,16,18,21-24,27-30,33-34,36-37,39-40,42-43,73H,4-6,8-9,11-15,17,19-20,25-26,31-32,35,38,41,44-72H2,1-3H3/b10-7-,18-16-,23-21-,24-22-,29-27-,30-28-,34-33-,37-36-,40-39-,43-42-. The van der Waals surface area contributed by atoms with E-state index >= 15 is 0 Å². The van der Waals surface area contributed by atoms with Crippen LogP contribution in [0.1, 0.15) is 323 Å². The number of esters is 3. The van der Waals surface area contributed by atoms with Crippen molar-refractivity contribution in [1.82, 2.24) is 0 Å². The zero-order chi connectivity index (χ0) is 59.2. The van der Waals surface area contributed by atoms with Crippen LogP contribution >= 0.6 is 0 Å². The van der Waals surface area contributed by atoms with Gasteiger partial charge in [-0.05, 0) is 116 Å². The summed E-state index contributed by atoms with van der Waals surface area (Å²) in [7, 11) is 0. The predicted octanol–water partition coefficient (Wildman–Crippen LogP) is 23.9. The number of hydrogen-bond acceptors (Lipinski definition) is 6. The minimum Gasteiger partial charge on any atom is -0.462 e. The summed E-state index contributed by atoms with van der Waals surface area (Å²) >= 11 is 0. The first-order chi connectivity index (χ1) is 40.5. The summed E-state index contributed by atoms with van der Waals surface area (Å²) < 4.78 is 16.8. The zero-order valence-corrected chi connectivity index (χ0v) is 53.7. The molecule has 1 atom stereocenters. The molecule has 0 aliphatic carbocycles. The summed E-state index contributed by atoms with van der Waals surface area (Å²) in [6, 6.07) is 0. The van der Waals surface area contributed by atoms with E-state index in [1.54, 1.807) is 0 Å². The summed E-state index contributed by atoms with van der Waals surface area (Å²) in [5, 5.41) is 0. The van der Waals surface area contributed by atoms with Crippen LogP contribution in [0.5, 0.6) is 0 Å². The Kier molecular flexibility index (Phi) is 65.8. The van der Waals surface area contributed by atoms with Gasteiger partial charge in [0.2, 0.25) is 0 Å². The quantitative estimate of drug-likeness (QED) is 0.0261. The van der Waals surface area contributed by atoms with Gasteiger partial charge in [0.1, 0.15) is 13.2 Å². The molecule has 0 saturated heterocycles. The fraction of sp³-hybridized carbons (Fsp3) is 0.697.